The van der Waals surface area contributed by atoms with Crippen molar-refractivity contribution in [3.05, 3.63) is 93.0 Å². The maximum atomic E-state index is 5.93. The van der Waals surface area contributed by atoms with Gasteiger partial charge in [0.25, 0.3) is 0 Å². The Balaban J connectivity index is 0.00000860. The molecule has 16 nitrogen and oxygen atoms in total. The van der Waals surface area contributed by atoms with Gasteiger partial charge in [-0.25, -0.2) is 9.97 Å². The molecule has 1 unspecified atom stereocenters. The van der Waals surface area contributed by atoms with Crippen molar-refractivity contribution in [1.82, 2.24) is 39.9 Å². The van der Waals surface area contributed by atoms with Crippen molar-refractivity contribution in [3.8, 4) is 144 Å². The molecule has 9 rings (SSSR count). The van der Waals surface area contributed by atoms with E-state index in [1.807, 2.05) is 48.5 Å². The molecule has 3 aromatic heterocycles. The van der Waals surface area contributed by atoms with E-state index in [-0.39, 0.29) is 173 Å². The summed E-state index contributed by atoms with van der Waals surface area (Å²) in [6, 6.07) is 15.4. The molecule has 5 heterocycles. The van der Waals surface area contributed by atoms with E-state index in [2.05, 4.69) is 47.1 Å². The smallest absolute Gasteiger partial charge is 0.364 e. The Morgan fingerprint density at radius 3 is 0.765 bits per heavy atom. The first-order valence-corrected chi connectivity index (χ1v) is 25.5. The van der Waals surface area contributed by atoms with E-state index >= 15 is 0 Å². The average Bonchev–Trinajstić information content (AvgIpc) is 4.28. The molecule has 2 aliphatic rings. The standard InChI is InChI=1S/C63H47N8O8P.Zn/c1-9-17-72-32-40-24-48-49(25-41(40)33-73-18-10-2)57-64-56(48)65-58-50-26-42(34-74-19-11-3)43(35-75-20-12-4)27-51(50)60(67-58)69-62-54-30-46(38-78-23-15-7)47(39-79-80-16-8)31-55(54)63(71-62)70-61-53-29-45(37-77-22-14-6)44(36-76-21-13-5)28-52(53)59(66-57)68-61;/h1-8,24-31,80H,17-23,32-39H2;/q-2;+2. The molecule has 394 valence electrons. The molecule has 0 spiro atoms. The first-order valence-electron chi connectivity index (χ1n) is 24.6. The predicted octanol–water partition coefficient (Wildman–Crippen LogP) is 7.87. The Kier molecular flexibility index (Phi) is 20.7. The summed E-state index contributed by atoms with van der Waals surface area (Å²) in [5.74, 6) is 18.8. The summed E-state index contributed by atoms with van der Waals surface area (Å²) < 4.78 is 47.2. The Hall–Kier alpha value is -8.55. The van der Waals surface area contributed by atoms with E-state index in [0.717, 1.165) is 44.5 Å². The van der Waals surface area contributed by atoms with Crippen LogP contribution in [0.4, 0.5) is 0 Å². The first kappa shape index (κ1) is 58.6. The fraction of sp³-hybridized carbons (Fsp3) is 0.238. The summed E-state index contributed by atoms with van der Waals surface area (Å²) in [6.45, 7) is 1.54. The summed E-state index contributed by atoms with van der Waals surface area (Å²) in [7, 11) is -0.205. The minimum atomic E-state index is -0.205. The number of nitrogens with zero attached hydrogens (tertiary/aromatic N) is 8. The monoisotopic (exact) mass is 1140 g/mol. The van der Waals surface area contributed by atoms with E-state index in [4.69, 9.17) is 129 Å². The number of fused-ring (bicyclic) bond motifs is 20. The molecule has 7 aromatic rings. The number of terminal acetylenes is 8. The zero-order valence-electron chi connectivity index (χ0n) is 43.9. The van der Waals surface area contributed by atoms with E-state index in [9.17, 15) is 0 Å². The van der Waals surface area contributed by atoms with Crippen molar-refractivity contribution in [3.63, 3.8) is 0 Å². The van der Waals surface area contributed by atoms with Gasteiger partial charge >= 0.3 is 19.5 Å². The normalized spacial score (nSPS) is 11.1. The molecule has 18 heteroatoms. The zero-order chi connectivity index (χ0) is 55.8. The molecular formula is C63H47N8O8PZn. The number of hydrogen-bond acceptors (Lipinski definition) is 14. The van der Waals surface area contributed by atoms with Gasteiger partial charge in [-0.3, -0.25) is 0 Å². The Labute approximate surface area is 483 Å². The molecule has 0 aliphatic carbocycles. The second kappa shape index (κ2) is 28.6. The maximum Gasteiger partial charge on any atom is 2.00 e. The van der Waals surface area contributed by atoms with Gasteiger partial charge in [0, 0.05) is 44.8 Å². The average molecular weight is 1140 g/mol. The molecule has 2 aliphatic heterocycles. The third-order valence-corrected chi connectivity index (χ3v) is 12.8. The molecule has 0 fully saturated rings. The minimum Gasteiger partial charge on any atom is -0.364 e. The van der Waals surface area contributed by atoms with Gasteiger partial charge in [0.1, 0.15) is 46.2 Å². The summed E-state index contributed by atoms with van der Waals surface area (Å²) in [5, 5.41) is 2.42. The third-order valence-electron chi connectivity index (χ3n) is 12.4. The van der Waals surface area contributed by atoms with Crippen molar-refractivity contribution in [2.24, 2.45) is 0 Å². The molecule has 0 amide bonds. The molecule has 0 saturated carbocycles. The number of hydrogen-bond donors (Lipinski definition) is 0. The van der Waals surface area contributed by atoms with Crippen molar-refractivity contribution in [2.75, 3.05) is 46.2 Å². The van der Waals surface area contributed by atoms with Crippen LogP contribution in [0.1, 0.15) is 44.5 Å². The minimum absolute atomic E-state index is 0. The Morgan fingerprint density at radius 1 is 0.321 bits per heavy atom. The van der Waals surface area contributed by atoms with Gasteiger partial charge < -0.3 is 67.6 Å². The topological polar surface area (TPSA) is 179 Å². The third kappa shape index (κ3) is 13.6. The molecule has 0 radical (unpaired) electrons. The van der Waals surface area contributed by atoms with Crippen LogP contribution in [0, 0.1) is 98.5 Å². The van der Waals surface area contributed by atoms with Crippen LogP contribution < -0.4 is 9.97 Å². The van der Waals surface area contributed by atoms with Crippen LogP contribution in [0.15, 0.2) is 48.5 Å². The van der Waals surface area contributed by atoms with Gasteiger partial charge in [0.15, 0.2) is 0 Å². The van der Waals surface area contributed by atoms with Crippen molar-refractivity contribution in [1.29, 1.82) is 0 Å². The van der Waals surface area contributed by atoms with Gasteiger partial charge in [0.05, 0.1) is 85.0 Å². The summed E-state index contributed by atoms with van der Waals surface area (Å²) in [4.78, 5) is 41.7. The van der Waals surface area contributed by atoms with Gasteiger partial charge in [-0.05, 0) is 115 Å². The van der Waals surface area contributed by atoms with Crippen LogP contribution in [-0.2, 0) is 110 Å². The zero-order valence-corrected chi connectivity index (χ0v) is 47.9. The molecule has 1 atom stereocenters. The SMILES string of the molecule is C#CCOCc1cc2c(cc1COCC#C)-c1nc-2nc2[n-]c(nc3nc(nc4[n-]c(n1)c1cc(COCC#C)c(COCC#C)cc41)-c1cc(COPC#C)c(COCC#C)cc1-3)c1cc(COCC#C)c(COCC#C)cc21.[Zn+2]. The van der Waals surface area contributed by atoms with E-state index < -0.39 is 0 Å². The molecule has 0 N–H and O–H groups in total. The largest absolute Gasteiger partial charge is 2.00 e. The summed E-state index contributed by atoms with van der Waals surface area (Å²) >= 11 is 0. The van der Waals surface area contributed by atoms with Crippen LogP contribution in [0.5, 0.6) is 0 Å². The summed E-state index contributed by atoms with van der Waals surface area (Å²) in [5.41, 5.74) is 12.1. The van der Waals surface area contributed by atoms with E-state index in [0.29, 0.717) is 43.8 Å². The van der Waals surface area contributed by atoms with Crippen LogP contribution in [0.3, 0.4) is 0 Å². The van der Waals surface area contributed by atoms with Crippen molar-refractivity contribution < 1.29 is 57.2 Å². The van der Waals surface area contributed by atoms with Gasteiger partial charge in [-0.2, -0.15) is 0 Å². The first-order chi connectivity index (χ1) is 39.3. The van der Waals surface area contributed by atoms with Crippen LogP contribution in [0.2, 0.25) is 0 Å². The van der Waals surface area contributed by atoms with E-state index in [1.54, 1.807) is 0 Å². The molecular weight excluding hydrogens is 1090 g/mol. The quantitative estimate of drug-likeness (QED) is 0.0247. The summed E-state index contributed by atoms with van der Waals surface area (Å²) in [6.07, 6.45) is 44.9. The fourth-order valence-electron chi connectivity index (χ4n) is 8.97. The number of rotatable bonds is 24. The predicted molar refractivity (Wildman–Crippen MR) is 305 cm³/mol. The molecule has 0 saturated heterocycles. The second-order valence-corrected chi connectivity index (χ2v) is 18.3. The van der Waals surface area contributed by atoms with Crippen LogP contribution in [0.25, 0.3) is 89.7 Å². The van der Waals surface area contributed by atoms with Gasteiger partial charge in [0.2, 0.25) is 0 Å². The molecule has 8 bridgehead atoms. The molecule has 4 aromatic carbocycles. The van der Waals surface area contributed by atoms with Crippen LogP contribution in [-0.4, -0.2) is 76.2 Å². The number of benzene rings is 4. The number of aromatic nitrogens is 8. The van der Waals surface area contributed by atoms with Crippen LogP contribution >= 0.6 is 8.81 Å². The Morgan fingerprint density at radius 2 is 0.543 bits per heavy atom. The maximum absolute atomic E-state index is 5.93. The van der Waals surface area contributed by atoms with Crippen molar-refractivity contribution in [2.45, 2.75) is 52.9 Å². The second-order valence-electron chi connectivity index (χ2n) is 17.6. The number of ether oxygens (including phenoxy) is 7. The van der Waals surface area contributed by atoms with E-state index in [1.165, 1.54) is 0 Å². The van der Waals surface area contributed by atoms with Gasteiger partial charge in [-0.15, -0.1) is 51.4 Å². The fourth-order valence-corrected chi connectivity index (χ4v) is 9.28. The van der Waals surface area contributed by atoms with Crippen molar-refractivity contribution >= 4 is 52.9 Å². The Bertz CT molecular complexity index is 3570. The van der Waals surface area contributed by atoms with Gasteiger partial charge in [-0.1, -0.05) is 47.1 Å². The molecule has 81 heavy (non-hydrogen) atoms.